The van der Waals surface area contributed by atoms with E-state index < -0.39 is 11.1 Å². The average molecular weight is 285 g/mol. The van der Waals surface area contributed by atoms with Gasteiger partial charge in [-0.2, -0.15) is 0 Å². The van der Waals surface area contributed by atoms with Gasteiger partial charge in [-0.3, -0.25) is 20.3 Å². The molecule has 116 valence electrons. The molecule has 0 radical (unpaired) electrons. The summed E-state index contributed by atoms with van der Waals surface area (Å²) < 4.78 is 0. The monoisotopic (exact) mass is 285 g/mol. The highest BCUT2D eigenvalue weighted by atomic mass is 16.1. The Labute approximate surface area is 121 Å². The Hall–Kier alpha value is -1.11. The molecular formula is C14H27N3O3. The normalized spacial score (nSPS) is 12.6. The molecule has 0 aliphatic rings. The molecule has 0 aliphatic carbocycles. The van der Waals surface area contributed by atoms with E-state index in [2.05, 4.69) is 5.43 Å². The molecule has 0 spiro atoms. The number of hydrogen-bond donors (Lipinski definition) is 2. The number of nitrogens with two attached hydrogens (primary N) is 1. The van der Waals surface area contributed by atoms with Crippen molar-refractivity contribution in [3.8, 4) is 0 Å². The van der Waals surface area contributed by atoms with E-state index in [0.717, 1.165) is 0 Å². The molecule has 0 saturated heterocycles. The number of nitrogens with one attached hydrogen (secondary N) is 1. The van der Waals surface area contributed by atoms with Crippen LogP contribution in [0.2, 0.25) is 0 Å². The Morgan fingerprint density at radius 1 is 1.05 bits per heavy atom. The molecule has 0 aromatic carbocycles. The SMILES string of the molecule is CC(=O)CCC(=O)C(C)(C)N(C)CC(=O)C(C)(C)NN. The molecule has 0 amide bonds. The molecule has 20 heavy (non-hydrogen) atoms. The first-order valence-electron chi connectivity index (χ1n) is 6.70. The van der Waals surface area contributed by atoms with E-state index in [1.54, 1.807) is 39.6 Å². The van der Waals surface area contributed by atoms with Gasteiger partial charge >= 0.3 is 0 Å². The third-order valence-corrected chi connectivity index (χ3v) is 3.78. The van der Waals surface area contributed by atoms with Crippen molar-refractivity contribution in [2.45, 2.75) is 58.5 Å². The minimum atomic E-state index is -0.841. The van der Waals surface area contributed by atoms with Crippen molar-refractivity contribution in [3.63, 3.8) is 0 Å². The van der Waals surface area contributed by atoms with Gasteiger partial charge in [0.05, 0.1) is 17.6 Å². The van der Waals surface area contributed by atoms with E-state index in [-0.39, 0.29) is 36.7 Å². The van der Waals surface area contributed by atoms with Gasteiger partial charge in [0, 0.05) is 12.8 Å². The third kappa shape index (κ3) is 5.11. The zero-order valence-electron chi connectivity index (χ0n) is 13.4. The highest BCUT2D eigenvalue weighted by Gasteiger charge is 2.35. The molecule has 0 aromatic heterocycles. The van der Waals surface area contributed by atoms with Crippen LogP contribution >= 0.6 is 0 Å². The van der Waals surface area contributed by atoms with Crippen LogP contribution in [0.1, 0.15) is 47.5 Å². The van der Waals surface area contributed by atoms with Crippen LogP contribution in [-0.2, 0) is 14.4 Å². The van der Waals surface area contributed by atoms with E-state index in [9.17, 15) is 14.4 Å². The Morgan fingerprint density at radius 3 is 1.95 bits per heavy atom. The van der Waals surface area contributed by atoms with Gasteiger partial charge in [0.1, 0.15) is 5.78 Å². The lowest BCUT2D eigenvalue weighted by atomic mass is 9.91. The first-order chi connectivity index (χ1) is 8.95. The zero-order chi connectivity index (χ0) is 16.1. The number of hydrogen-bond acceptors (Lipinski definition) is 6. The second-order valence-electron chi connectivity index (χ2n) is 6.23. The number of hydrazine groups is 1. The lowest BCUT2D eigenvalue weighted by Crippen LogP contribution is -2.57. The predicted molar refractivity (Wildman–Crippen MR) is 78.0 cm³/mol. The smallest absolute Gasteiger partial charge is 0.167 e. The van der Waals surface area contributed by atoms with Crippen molar-refractivity contribution in [1.82, 2.24) is 10.3 Å². The summed E-state index contributed by atoms with van der Waals surface area (Å²) in [5.41, 5.74) is 0.825. The molecule has 0 bridgehead atoms. The maximum absolute atomic E-state index is 12.2. The van der Waals surface area contributed by atoms with Crippen molar-refractivity contribution in [2.24, 2.45) is 5.84 Å². The number of carbonyl (C=O) groups excluding carboxylic acids is 3. The quantitative estimate of drug-likeness (QED) is 0.472. The second kappa shape index (κ2) is 7.06. The van der Waals surface area contributed by atoms with Gasteiger partial charge in [-0.25, -0.2) is 5.43 Å². The summed E-state index contributed by atoms with van der Waals surface area (Å²) in [4.78, 5) is 36.9. The Kier molecular flexibility index (Phi) is 6.67. The van der Waals surface area contributed by atoms with E-state index in [0.29, 0.717) is 0 Å². The Bertz CT molecular complexity index is 389. The van der Waals surface area contributed by atoms with Crippen LogP contribution in [-0.4, -0.2) is 46.9 Å². The summed E-state index contributed by atoms with van der Waals surface area (Å²) in [6.45, 7) is 8.46. The summed E-state index contributed by atoms with van der Waals surface area (Å²) in [5.74, 6) is 5.17. The molecule has 0 unspecified atom stereocenters. The number of Topliss-reactive ketones (excluding diaryl/α,β-unsaturated/α-hetero) is 3. The van der Waals surface area contributed by atoms with Crippen molar-refractivity contribution in [1.29, 1.82) is 0 Å². The van der Waals surface area contributed by atoms with E-state index in [4.69, 9.17) is 5.84 Å². The topological polar surface area (TPSA) is 92.5 Å². The fourth-order valence-electron chi connectivity index (χ4n) is 1.50. The molecule has 0 fully saturated rings. The van der Waals surface area contributed by atoms with E-state index >= 15 is 0 Å². The molecule has 0 aliphatic heterocycles. The zero-order valence-corrected chi connectivity index (χ0v) is 13.4. The number of carbonyl (C=O) groups is 3. The van der Waals surface area contributed by atoms with Gasteiger partial charge in [0.15, 0.2) is 11.6 Å². The molecular weight excluding hydrogens is 258 g/mol. The number of nitrogens with zero attached hydrogens (tertiary/aromatic N) is 1. The molecule has 0 rings (SSSR count). The minimum absolute atomic E-state index is 0.0126. The second-order valence-corrected chi connectivity index (χ2v) is 6.23. The number of ketones is 3. The van der Waals surface area contributed by atoms with Crippen molar-refractivity contribution in [2.75, 3.05) is 13.6 Å². The first-order valence-corrected chi connectivity index (χ1v) is 6.70. The number of likely N-dealkylation sites (N-methyl/N-ethyl adjacent to an activating group) is 1. The van der Waals surface area contributed by atoms with Crippen molar-refractivity contribution < 1.29 is 14.4 Å². The first kappa shape index (κ1) is 18.9. The van der Waals surface area contributed by atoms with Gasteiger partial charge in [0.2, 0.25) is 0 Å². The lowest BCUT2D eigenvalue weighted by molar-refractivity contribution is -0.133. The molecule has 0 atom stereocenters. The minimum Gasteiger partial charge on any atom is -0.300 e. The van der Waals surface area contributed by atoms with Crippen LogP contribution in [0.5, 0.6) is 0 Å². The van der Waals surface area contributed by atoms with Gasteiger partial charge in [-0.1, -0.05) is 0 Å². The van der Waals surface area contributed by atoms with Crippen LogP contribution in [0.15, 0.2) is 0 Å². The fourth-order valence-corrected chi connectivity index (χ4v) is 1.50. The largest absolute Gasteiger partial charge is 0.300 e. The molecule has 0 saturated carbocycles. The summed E-state index contributed by atoms with van der Waals surface area (Å²) >= 11 is 0. The maximum Gasteiger partial charge on any atom is 0.167 e. The molecule has 6 nitrogen and oxygen atoms in total. The van der Waals surface area contributed by atoms with Crippen LogP contribution in [0.3, 0.4) is 0 Å². The van der Waals surface area contributed by atoms with Crippen LogP contribution in [0.25, 0.3) is 0 Å². The van der Waals surface area contributed by atoms with Gasteiger partial charge in [-0.15, -0.1) is 0 Å². The van der Waals surface area contributed by atoms with E-state index in [1.807, 2.05) is 0 Å². The summed E-state index contributed by atoms with van der Waals surface area (Å²) in [7, 11) is 1.72. The van der Waals surface area contributed by atoms with Crippen molar-refractivity contribution in [3.05, 3.63) is 0 Å². The lowest BCUT2D eigenvalue weighted by Gasteiger charge is -2.35. The third-order valence-electron chi connectivity index (χ3n) is 3.78. The van der Waals surface area contributed by atoms with Gasteiger partial charge in [-0.05, 0) is 41.7 Å². The summed E-state index contributed by atoms with van der Waals surface area (Å²) in [6.07, 6.45) is 0.430. The average Bonchev–Trinajstić information content (AvgIpc) is 2.35. The fraction of sp³-hybridized carbons (Fsp3) is 0.786. The summed E-state index contributed by atoms with van der Waals surface area (Å²) in [5, 5.41) is 0. The Morgan fingerprint density at radius 2 is 1.55 bits per heavy atom. The highest BCUT2D eigenvalue weighted by Crippen LogP contribution is 2.18. The molecule has 3 N–H and O–H groups in total. The van der Waals surface area contributed by atoms with Crippen LogP contribution in [0.4, 0.5) is 0 Å². The Balaban J connectivity index is 4.73. The number of rotatable bonds is 9. The standard InChI is InChI=1S/C14H27N3O3/c1-10(18)7-8-11(19)14(4,5)17(6)9-12(20)13(2,3)16-15/h16H,7-9,15H2,1-6H3. The van der Waals surface area contributed by atoms with Crippen LogP contribution in [0, 0.1) is 0 Å². The van der Waals surface area contributed by atoms with Gasteiger partial charge in [0.25, 0.3) is 0 Å². The predicted octanol–water partition coefficient (Wildman–Crippen LogP) is 0.446. The molecule has 6 heteroatoms. The van der Waals surface area contributed by atoms with Crippen LogP contribution < -0.4 is 11.3 Å². The molecule has 0 heterocycles. The maximum atomic E-state index is 12.2. The molecule has 0 aromatic rings. The van der Waals surface area contributed by atoms with Crippen molar-refractivity contribution >= 4 is 17.3 Å². The van der Waals surface area contributed by atoms with E-state index in [1.165, 1.54) is 6.92 Å². The highest BCUT2D eigenvalue weighted by molar-refractivity contribution is 5.93. The van der Waals surface area contributed by atoms with Gasteiger partial charge < -0.3 is 4.79 Å². The summed E-state index contributed by atoms with van der Waals surface area (Å²) in [6, 6.07) is 0.